The predicted octanol–water partition coefficient (Wildman–Crippen LogP) is 5.45. The molecule has 2 aliphatic heterocycles. The Kier molecular flexibility index (Phi) is 8.10. The van der Waals surface area contributed by atoms with Gasteiger partial charge in [-0.3, -0.25) is 14.4 Å². The molecule has 0 unspecified atom stereocenters. The van der Waals surface area contributed by atoms with Crippen molar-refractivity contribution in [3.05, 3.63) is 71.1 Å². The van der Waals surface area contributed by atoms with Crippen LogP contribution >= 0.6 is 11.6 Å². The second-order valence-corrected chi connectivity index (χ2v) is 11.5. The number of amides is 2. The number of aromatic nitrogens is 1. The molecule has 220 valence electrons. The molecule has 1 fully saturated rings. The van der Waals surface area contributed by atoms with E-state index in [2.05, 4.69) is 4.98 Å². The standard InChI is InChI=1S/C31H31ClFN3O6/c1-18(29(38)39)17-41-26-7-5-4-6-22(26)19-8-9-23(24(33)14-19)28(37)35-12-10-21(11-13-35)36-25-15-20(32)16-34-27(25)42-31(2,3)30(36)40/h4-9,14-16,18,21H,10-13,17H2,1-3H3,(H,38,39)/t18-/m0/s1. The monoisotopic (exact) mass is 595 g/mol. The highest BCUT2D eigenvalue weighted by molar-refractivity contribution is 6.31. The maximum absolute atomic E-state index is 15.3. The molecule has 3 aromatic rings. The van der Waals surface area contributed by atoms with E-state index in [1.54, 1.807) is 67.0 Å². The fourth-order valence-corrected chi connectivity index (χ4v) is 5.34. The molecule has 0 spiro atoms. The number of carbonyl (C=O) groups is 3. The molecule has 0 bridgehead atoms. The van der Waals surface area contributed by atoms with Crippen LogP contribution in [0, 0.1) is 11.7 Å². The first-order valence-corrected chi connectivity index (χ1v) is 14.1. The Morgan fingerprint density at radius 2 is 1.90 bits per heavy atom. The number of hydrogen-bond donors (Lipinski definition) is 1. The van der Waals surface area contributed by atoms with Crippen LogP contribution in [0.5, 0.6) is 11.6 Å². The number of carboxylic acid groups (broad SMARTS) is 1. The Morgan fingerprint density at radius 3 is 2.60 bits per heavy atom. The van der Waals surface area contributed by atoms with E-state index in [4.69, 9.17) is 26.2 Å². The summed E-state index contributed by atoms with van der Waals surface area (Å²) in [4.78, 5) is 45.4. The molecule has 0 radical (unpaired) electrons. The molecule has 0 saturated carbocycles. The summed E-state index contributed by atoms with van der Waals surface area (Å²) in [6, 6.07) is 12.8. The number of benzene rings is 2. The molecule has 2 amide bonds. The van der Waals surface area contributed by atoms with Crippen molar-refractivity contribution in [2.45, 2.75) is 45.3 Å². The van der Waals surface area contributed by atoms with Crippen LogP contribution in [0.2, 0.25) is 5.02 Å². The highest BCUT2D eigenvalue weighted by atomic mass is 35.5. The summed E-state index contributed by atoms with van der Waals surface area (Å²) in [5, 5.41) is 9.52. The van der Waals surface area contributed by atoms with Crippen molar-refractivity contribution < 1.29 is 33.4 Å². The molecule has 11 heteroatoms. The van der Waals surface area contributed by atoms with Gasteiger partial charge in [-0.25, -0.2) is 9.37 Å². The van der Waals surface area contributed by atoms with Gasteiger partial charge in [-0.2, -0.15) is 0 Å². The minimum Gasteiger partial charge on any atom is -0.492 e. The minimum absolute atomic E-state index is 0.0377. The zero-order valence-corrected chi connectivity index (χ0v) is 24.2. The zero-order chi connectivity index (χ0) is 30.2. The van der Waals surface area contributed by atoms with E-state index in [0.717, 1.165) is 0 Å². The number of hydrogen-bond acceptors (Lipinski definition) is 6. The van der Waals surface area contributed by atoms with Crippen LogP contribution in [0.15, 0.2) is 54.7 Å². The first-order chi connectivity index (χ1) is 20.0. The summed E-state index contributed by atoms with van der Waals surface area (Å²) in [7, 11) is 0. The van der Waals surface area contributed by atoms with Crippen LogP contribution in [-0.2, 0) is 9.59 Å². The van der Waals surface area contributed by atoms with E-state index >= 15 is 4.39 Å². The van der Waals surface area contributed by atoms with E-state index in [9.17, 15) is 14.4 Å². The average molecular weight is 596 g/mol. The van der Waals surface area contributed by atoms with E-state index in [-0.39, 0.29) is 24.1 Å². The van der Waals surface area contributed by atoms with Gasteiger partial charge in [0.2, 0.25) is 5.88 Å². The van der Waals surface area contributed by atoms with Gasteiger partial charge in [0.15, 0.2) is 5.60 Å². The molecule has 42 heavy (non-hydrogen) atoms. The van der Waals surface area contributed by atoms with E-state index in [0.29, 0.717) is 59.4 Å². The Hall–Kier alpha value is -4.18. The van der Waals surface area contributed by atoms with E-state index < -0.39 is 29.2 Å². The fourth-order valence-electron chi connectivity index (χ4n) is 5.19. The van der Waals surface area contributed by atoms with Crippen molar-refractivity contribution in [1.82, 2.24) is 9.88 Å². The van der Waals surface area contributed by atoms with Crippen LogP contribution in [0.25, 0.3) is 11.1 Å². The van der Waals surface area contributed by atoms with Crippen molar-refractivity contribution in [3.8, 4) is 22.8 Å². The number of anilines is 1. The lowest BCUT2D eigenvalue weighted by molar-refractivity contribution is -0.142. The molecular weight excluding hydrogens is 565 g/mol. The van der Waals surface area contributed by atoms with Gasteiger partial charge in [0.25, 0.3) is 11.8 Å². The van der Waals surface area contributed by atoms with Gasteiger partial charge in [0, 0.05) is 30.9 Å². The summed E-state index contributed by atoms with van der Waals surface area (Å²) in [5.41, 5.74) is 0.423. The molecule has 3 heterocycles. The number of para-hydroxylation sites is 1. The van der Waals surface area contributed by atoms with Crippen LogP contribution in [-0.4, -0.2) is 64.1 Å². The topological polar surface area (TPSA) is 109 Å². The summed E-state index contributed by atoms with van der Waals surface area (Å²) in [5.74, 6) is -2.26. The lowest BCUT2D eigenvalue weighted by atomic mass is 9.96. The SMILES string of the molecule is C[C@@H](COc1ccccc1-c1ccc(C(=O)N2CCC(N3C(=O)C(C)(C)Oc4ncc(Cl)cc43)CC2)c(F)c1)C(=O)O. The Balaban J connectivity index is 1.29. The number of rotatable bonds is 7. The van der Waals surface area contributed by atoms with Crippen LogP contribution in [0.4, 0.5) is 10.1 Å². The van der Waals surface area contributed by atoms with Crippen LogP contribution in [0.3, 0.4) is 0 Å². The molecule has 2 aliphatic rings. The second kappa shape index (κ2) is 11.6. The van der Waals surface area contributed by atoms with Crippen molar-refractivity contribution in [2.24, 2.45) is 5.92 Å². The zero-order valence-electron chi connectivity index (χ0n) is 23.5. The Bertz CT molecular complexity index is 1540. The number of aliphatic carboxylic acids is 1. The lowest BCUT2D eigenvalue weighted by Gasteiger charge is -2.44. The maximum atomic E-state index is 15.3. The Morgan fingerprint density at radius 1 is 1.19 bits per heavy atom. The van der Waals surface area contributed by atoms with Gasteiger partial charge in [0.05, 0.1) is 16.5 Å². The number of ether oxygens (including phenoxy) is 2. The van der Waals surface area contributed by atoms with Gasteiger partial charge in [-0.15, -0.1) is 0 Å². The highest BCUT2D eigenvalue weighted by Gasteiger charge is 2.45. The van der Waals surface area contributed by atoms with Crippen LogP contribution in [0.1, 0.15) is 44.0 Å². The summed E-state index contributed by atoms with van der Waals surface area (Å²) in [6.45, 7) is 5.54. The summed E-state index contributed by atoms with van der Waals surface area (Å²) in [6.07, 6.45) is 2.44. The van der Waals surface area contributed by atoms with Gasteiger partial charge < -0.3 is 24.4 Å². The van der Waals surface area contributed by atoms with Gasteiger partial charge in [-0.1, -0.05) is 35.9 Å². The Labute approximate surface area is 247 Å². The van der Waals surface area contributed by atoms with Gasteiger partial charge in [0.1, 0.15) is 23.9 Å². The normalized spacial score (nSPS) is 17.3. The number of piperidine rings is 1. The number of likely N-dealkylation sites (tertiary alicyclic amines) is 1. The lowest BCUT2D eigenvalue weighted by Crippen LogP contribution is -2.58. The van der Waals surface area contributed by atoms with E-state index in [1.807, 2.05) is 0 Å². The molecule has 5 rings (SSSR count). The van der Waals surface area contributed by atoms with E-state index in [1.165, 1.54) is 18.3 Å². The molecule has 9 nitrogen and oxygen atoms in total. The molecule has 2 aromatic carbocycles. The van der Waals surface area contributed by atoms with Crippen molar-refractivity contribution in [1.29, 1.82) is 0 Å². The minimum atomic E-state index is -1.11. The van der Waals surface area contributed by atoms with Crippen LogP contribution < -0.4 is 14.4 Å². The molecule has 1 saturated heterocycles. The third-order valence-corrected chi connectivity index (χ3v) is 7.78. The molecule has 1 atom stereocenters. The number of pyridine rings is 1. The number of carbonyl (C=O) groups excluding carboxylic acids is 2. The molecule has 0 aliphatic carbocycles. The third kappa shape index (κ3) is 5.76. The molecular formula is C31H31ClFN3O6. The first-order valence-electron chi connectivity index (χ1n) is 13.7. The number of carboxylic acids is 1. The summed E-state index contributed by atoms with van der Waals surface area (Å²) >= 11 is 6.17. The van der Waals surface area contributed by atoms with Gasteiger partial charge in [-0.05, 0) is 63.4 Å². The molecule has 1 aromatic heterocycles. The number of fused-ring (bicyclic) bond motifs is 1. The van der Waals surface area contributed by atoms with Gasteiger partial charge >= 0.3 is 5.97 Å². The molecule has 1 N–H and O–H groups in total. The van der Waals surface area contributed by atoms with Crippen molar-refractivity contribution >= 4 is 35.1 Å². The summed E-state index contributed by atoms with van der Waals surface area (Å²) < 4.78 is 26.9. The smallest absolute Gasteiger partial charge is 0.309 e. The third-order valence-electron chi connectivity index (χ3n) is 7.57. The maximum Gasteiger partial charge on any atom is 0.309 e. The van der Waals surface area contributed by atoms with Crippen molar-refractivity contribution in [2.75, 3.05) is 24.6 Å². The largest absolute Gasteiger partial charge is 0.492 e. The number of halogens is 2. The quantitative estimate of drug-likeness (QED) is 0.387. The predicted molar refractivity (Wildman–Crippen MR) is 154 cm³/mol. The fraction of sp³-hybridized carbons (Fsp3) is 0.355. The first kappa shape index (κ1) is 29.3. The average Bonchev–Trinajstić information content (AvgIpc) is 2.96. The highest BCUT2D eigenvalue weighted by Crippen LogP contribution is 2.40. The van der Waals surface area contributed by atoms with Crippen molar-refractivity contribution in [3.63, 3.8) is 0 Å². The number of nitrogens with zero attached hydrogens (tertiary/aromatic N) is 3. The second-order valence-electron chi connectivity index (χ2n) is 11.0.